The van der Waals surface area contributed by atoms with E-state index in [0.29, 0.717) is 21.3 Å². The Morgan fingerprint density at radius 2 is 1.96 bits per heavy atom. The number of benzene rings is 1. The molecule has 3 aromatic rings. The number of aromatic amines is 1. The molecule has 0 fully saturated rings. The maximum atomic E-state index is 13.1. The molecule has 0 bridgehead atoms. The second-order valence-corrected chi connectivity index (χ2v) is 5.84. The van der Waals surface area contributed by atoms with Crippen molar-refractivity contribution < 1.29 is 9.18 Å². The van der Waals surface area contributed by atoms with E-state index >= 15 is 0 Å². The van der Waals surface area contributed by atoms with Crippen molar-refractivity contribution in [2.24, 2.45) is 5.73 Å². The van der Waals surface area contributed by atoms with Gasteiger partial charge >= 0.3 is 5.69 Å². The smallest absolute Gasteiger partial charge is 0.329 e. The van der Waals surface area contributed by atoms with Gasteiger partial charge in [-0.2, -0.15) is 0 Å². The molecule has 0 radical (unpaired) electrons. The normalized spacial score (nSPS) is 11.0. The number of rotatable bonds is 4. The third-order valence-corrected chi connectivity index (χ3v) is 4.35. The molecular formula is C15H12FN3O3S. The number of fused-ring (bicyclic) bond motifs is 1. The number of hydrogen-bond donors (Lipinski definition) is 2. The Bertz CT molecular complexity index is 1000. The predicted molar refractivity (Wildman–Crippen MR) is 85.9 cm³/mol. The van der Waals surface area contributed by atoms with Gasteiger partial charge < -0.3 is 5.73 Å². The predicted octanol–water partition coefficient (Wildman–Crippen LogP) is 1.43. The first kappa shape index (κ1) is 15.2. The van der Waals surface area contributed by atoms with Gasteiger partial charge in [-0.3, -0.25) is 19.1 Å². The van der Waals surface area contributed by atoms with Crippen LogP contribution in [0.15, 0.2) is 39.2 Å². The van der Waals surface area contributed by atoms with E-state index in [9.17, 15) is 18.8 Å². The maximum absolute atomic E-state index is 13.1. The zero-order chi connectivity index (χ0) is 16.6. The van der Waals surface area contributed by atoms with Gasteiger partial charge in [-0.25, -0.2) is 9.18 Å². The van der Waals surface area contributed by atoms with E-state index in [4.69, 9.17) is 5.73 Å². The average Bonchev–Trinajstić information content (AvgIpc) is 2.91. The number of thiophene rings is 1. The Kier molecular flexibility index (Phi) is 3.83. The van der Waals surface area contributed by atoms with Crippen molar-refractivity contribution in [3.8, 4) is 11.1 Å². The number of hydrogen-bond acceptors (Lipinski definition) is 4. The van der Waals surface area contributed by atoms with Gasteiger partial charge in [0.05, 0.1) is 5.39 Å². The summed E-state index contributed by atoms with van der Waals surface area (Å²) < 4.78 is 14.0. The third-order valence-electron chi connectivity index (χ3n) is 3.45. The van der Waals surface area contributed by atoms with E-state index in [1.54, 1.807) is 17.5 Å². The Balaban J connectivity index is 2.20. The van der Waals surface area contributed by atoms with Crippen LogP contribution in [-0.4, -0.2) is 15.5 Å². The summed E-state index contributed by atoms with van der Waals surface area (Å²) in [4.78, 5) is 38.5. The Labute approximate surface area is 133 Å². The summed E-state index contributed by atoms with van der Waals surface area (Å²) in [6.45, 7) is -0.0852. The van der Waals surface area contributed by atoms with Gasteiger partial charge in [0.25, 0.3) is 5.56 Å². The van der Waals surface area contributed by atoms with Crippen LogP contribution in [0.3, 0.4) is 0 Å². The Morgan fingerprint density at radius 3 is 2.61 bits per heavy atom. The lowest BCUT2D eigenvalue weighted by Gasteiger charge is -2.04. The summed E-state index contributed by atoms with van der Waals surface area (Å²) in [6, 6.07) is 5.73. The fourth-order valence-corrected chi connectivity index (χ4v) is 3.27. The molecule has 0 saturated heterocycles. The molecule has 23 heavy (non-hydrogen) atoms. The molecule has 0 saturated carbocycles. The highest BCUT2D eigenvalue weighted by Crippen LogP contribution is 2.30. The number of H-pyrrole nitrogens is 1. The van der Waals surface area contributed by atoms with Crippen LogP contribution < -0.4 is 17.0 Å². The lowest BCUT2D eigenvalue weighted by Crippen LogP contribution is -2.36. The fourth-order valence-electron chi connectivity index (χ4n) is 2.32. The van der Waals surface area contributed by atoms with Gasteiger partial charge in [0.1, 0.15) is 10.6 Å². The zero-order valence-electron chi connectivity index (χ0n) is 11.8. The lowest BCUT2D eigenvalue weighted by atomic mass is 10.1. The number of aromatic nitrogens is 2. The number of nitrogens with two attached hydrogens (primary N) is 1. The number of nitrogens with one attached hydrogen (secondary N) is 1. The molecule has 6 nitrogen and oxygen atoms in total. The Hall–Kier alpha value is -2.74. The first-order chi connectivity index (χ1) is 11.0. The summed E-state index contributed by atoms with van der Waals surface area (Å²) >= 11 is 1.22. The van der Waals surface area contributed by atoms with Gasteiger partial charge in [0.15, 0.2) is 0 Å². The van der Waals surface area contributed by atoms with Crippen molar-refractivity contribution >= 4 is 27.5 Å². The Morgan fingerprint density at radius 1 is 1.26 bits per heavy atom. The van der Waals surface area contributed by atoms with E-state index in [1.807, 2.05) is 0 Å². The molecule has 0 aliphatic rings. The molecule has 3 rings (SSSR count). The van der Waals surface area contributed by atoms with Crippen molar-refractivity contribution in [2.75, 3.05) is 0 Å². The van der Waals surface area contributed by atoms with E-state index in [-0.39, 0.29) is 18.8 Å². The quantitative estimate of drug-likeness (QED) is 0.756. The molecular weight excluding hydrogens is 321 g/mol. The molecule has 2 heterocycles. The van der Waals surface area contributed by atoms with Crippen molar-refractivity contribution in [3.05, 3.63) is 56.3 Å². The second-order valence-electron chi connectivity index (χ2n) is 4.96. The summed E-state index contributed by atoms with van der Waals surface area (Å²) in [7, 11) is 0. The summed E-state index contributed by atoms with van der Waals surface area (Å²) in [5.41, 5.74) is 5.27. The molecule has 2 aromatic heterocycles. The molecule has 0 aliphatic carbocycles. The van der Waals surface area contributed by atoms with Crippen molar-refractivity contribution in [1.82, 2.24) is 9.55 Å². The first-order valence-corrected chi connectivity index (χ1v) is 7.64. The molecule has 0 unspecified atom stereocenters. The molecule has 0 atom stereocenters. The van der Waals surface area contributed by atoms with Crippen molar-refractivity contribution in [3.63, 3.8) is 0 Å². The van der Waals surface area contributed by atoms with Crippen molar-refractivity contribution in [2.45, 2.75) is 13.0 Å². The van der Waals surface area contributed by atoms with Crippen LogP contribution in [0.1, 0.15) is 6.42 Å². The molecule has 118 valence electrons. The maximum Gasteiger partial charge on any atom is 0.329 e. The van der Waals surface area contributed by atoms with Gasteiger partial charge in [0.2, 0.25) is 5.91 Å². The molecule has 3 N–H and O–H groups in total. The first-order valence-electron chi connectivity index (χ1n) is 6.76. The molecule has 1 amide bonds. The highest BCUT2D eigenvalue weighted by atomic mass is 32.1. The van der Waals surface area contributed by atoms with Crippen molar-refractivity contribution in [1.29, 1.82) is 0 Å². The lowest BCUT2D eigenvalue weighted by molar-refractivity contribution is -0.118. The van der Waals surface area contributed by atoms with Gasteiger partial charge in [-0.05, 0) is 17.7 Å². The van der Waals surface area contributed by atoms with Gasteiger partial charge in [-0.1, -0.05) is 12.1 Å². The molecule has 0 aliphatic heterocycles. The number of amides is 1. The van der Waals surface area contributed by atoms with E-state index in [2.05, 4.69) is 4.98 Å². The molecule has 8 heteroatoms. The molecule has 0 spiro atoms. The molecule has 1 aromatic carbocycles. The number of carbonyl (C=O) groups excluding carboxylic acids is 1. The topological polar surface area (TPSA) is 97.9 Å². The van der Waals surface area contributed by atoms with Crippen LogP contribution in [-0.2, 0) is 11.3 Å². The van der Waals surface area contributed by atoms with E-state index < -0.39 is 17.2 Å². The van der Waals surface area contributed by atoms with E-state index in [1.165, 1.54) is 23.5 Å². The van der Waals surface area contributed by atoms with Crippen LogP contribution in [0.4, 0.5) is 4.39 Å². The standard InChI is InChI=1S/C15H12FN3O3S/c16-9-3-1-8(2-4-9)10-7-23-13-12(10)14(21)19(15(22)18-13)6-5-11(17)20/h1-4,7H,5-6H2,(H2,17,20)(H,18,22). The number of halogens is 1. The van der Waals surface area contributed by atoms with Crippen LogP contribution >= 0.6 is 11.3 Å². The van der Waals surface area contributed by atoms with Crippen LogP contribution in [0.2, 0.25) is 0 Å². The number of carbonyl (C=O) groups is 1. The minimum absolute atomic E-state index is 0.0852. The van der Waals surface area contributed by atoms with Gasteiger partial charge in [0, 0.05) is 23.9 Å². The van der Waals surface area contributed by atoms with Crippen LogP contribution in [0.25, 0.3) is 21.3 Å². The van der Waals surface area contributed by atoms with Crippen LogP contribution in [0.5, 0.6) is 0 Å². The summed E-state index contributed by atoms with van der Waals surface area (Å²) in [5.74, 6) is -0.971. The SMILES string of the molecule is NC(=O)CCn1c(=O)[nH]c2scc(-c3ccc(F)cc3)c2c1=O. The number of primary amides is 1. The highest BCUT2D eigenvalue weighted by Gasteiger charge is 2.15. The monoisotopic (exact) mass is 333 g/mol. The third kappa shape index (κ3) is 2.80. The fraction of sp³-hybridized carbons (Fsp3) is 0.133. The summed E-state index contributed by atoms with van der Waals surface area (Å²) in [5, 5.41) is 2.07. The van der Waals surface area contributed by atoms with Crippen LogP contribution in [0, 0.1) is 5.82 Å². The highest BCUT2D eigenvalue weighted by molar-refractivity contribution is 7.17. The summed E-state index contributed by atoms with van der Waals surface area (Å²) in [6.07, 6.45) is -0.107. The number of nitrogens with zero attached hydrogens (tertiary/aromatic N) is 1. The zero-order valence-corrected chi connectivity index (χ0v) is 12.7. The second kappa shape index (κ2) is 5.81. The van der Waals surface area contributed by atoms with E-state index in [0.717, 1.165) is 4.57 Å². The minimum Gasteiger partial charge on any atom is -0.370 e. The average molecular weight is 333 g/mol. The van der Waals surface area contributed by atoms with Gasteiger partial charge in [-0.15, -0.1) is 11.3 Å². The largest absolute Gasteiger partial charge is 0.370 e. The minimum atomic E-state index is -0.597.